The molecule has 1 N–H and O–H groups in total. The number of hydrogen-bond acceptors (Lipinski definition) is 6. The Hall–Kier alpha value is -1.76. The van der Waals surface area contributed by atoms with Crippen LogP contribution in [0.1, 0.15) is 39.5 Å². The molecule has 0 saturated carbocycles. The highest BCUT2D eigenvalue weighted by molar-refractivity contribution is 5.40. The van der Waals surface area contributed by atoms with Gasteiger partial charge in [0.25, 0.3) is 0 Å². The van der Waals surface area contributed by atoms with Crippen molar-refractivity contribution < 1.29 is 0 Å². The van der Waals surface area contributed by atoms with E-state index in [1.165, 1.54) is 12.8 Å². The maximum atomic E-state index is 9.51. The average Bonchev–Trinajstić information content (AvgIpc) is 3.23. The molecule has 3 rings (SSSR count). The molecule has 1 unspecified atom stereocenters. The van der Waals surface area contributed by atoms with Gasteiger partial charge >= 0.3 is 0 Å². The van der Waals surface area contributed by atoms with Crippen LogP contribution in [0.5, 0.6) is 0 Å². The lowest BCUT2D eigenvalue weighted by molar-refractivity contribution is 0.0782. The van der Waals surface area contributed by atoms with Crippen LogP contribution >= 0.6 is 0 Å². The molecule has 0 aliphatic carbocycles. The first-order valence-corrected chi connectivity index (χ1v) is 9.21. The second-order valence-electron chi connectivity index (χ2n) is 7.15. The Balaban J connectivity index is 1.87. The van der Waals surface area contributed by atoms with E-state index >= 15 is 0 Å². The molecule has 3 aliphatic heterocycles. The lowest BCUT2D eigenvalue weighted by atomic mass is 10.0. The molecule has 0 radical (unpaired) electrons. The van der Waals surface area contributed by atoms with E-state index in [1.54, 1.807) is 0 Å². The van der Waals surface area contributed by atoms with Crippen molar-refractivity contribution in [3.05, 3.63) is 11.4 Å². The number of nitriles is 2. The van der Waals surface area contributed by atoms with E-state index in [4.69, 9.17) is 0 Å². The highest BCUT2D eigenvalue weighted by atomic mass is 15.5. The Labute approximate surface area is 145 Å². The van der Waals surface area contributed by atoms with Crippen molar-refractivity contribution in [2.24, 2.45) is 0 Å². The molecule has 3 fully saturated rings. The van der Waals surface area contributed by atoms with Gasteiger partial charge in [0.05, 0.1) is 6.17 Å². The van der Waals surface area contributed by atoms with Gasteiger partial charge in [0.15, 0.2) is 5.57 Å². The van der Waals surface area contributed by atoms with E-state index in [1.807, 2.05) is 0 Å². The van der Waals surface area contributed by atoms with Gasteiger partial charge in [0.2, 0.25) is 0 Å². The summed E-state index contributed by atoms with van der Waals surface area (Å²) in [7, 11) is 0. The van der Waals surface area contributed by atoms with E-state index in [0.717, 1.165) is 51.4 Å². The van der Waals surface area contributed by atoms with Crippen LogP contribution in [0.3, 0.4) is 0 Å². The van der Waals surface area contributed by atoms with Crippen LogP contribution < -0.4 is 5.32 Å². The monoisotopic (exact) mass is 328 g/mol. The van der Waals surface area contributed by atoms with Gasteiger partial charge in [-0.15, -0.1) is 0 Å². The van der Waals surface area contributed by atoms with Gasteiger partial charge in [0, 0.05) is 31.7 Å². The van der Waals surface area contributed by atoms with Crippen molar-refractivity contribution >= 4 is 0 Å². The molecule has 24 heavy (non-hydrogen) atoms. The molecular weight excluding hydrogens is 300 g/mol. The van der Waals surface area contributed by atoms with Crippen LogP contribution in [0.2, 0.25) is 0 Å². The van der Waals surface area contributed by atoms with E-state index in [-0.39, 0.29) is 11.7 Å². The van der Waals surface area contributed by atoms with E-state index < -0.39 is 0 Å². The van der Waals surface area contributed by atoms with E-state index in [2.05, 4.69) is 46.0 Å². The fourth-order valence-electron chi connectivity index (χ4n) is 4.53. The number of hydrogen-bond donors (Lipinski definition) is 1. The smallest absolute Gasteiger partial charge is 0.169 e. The van der Waals surface area contributed by atoms with Gasteiger partial charge < -0.3 is 15.1 Å². The van der Waals surface area contributed by atoms with Crippen molar-refractivity contribution in [1.82, 2.24) is 20.0 Å². The maximum Gasteiger partial charge on any atom is 0.169 e. The van der Waals surface area contributed by atoms with Crippen molar-refractivity contribution in [1.29, 1.82) is 10.5 Å². The zero-order valence-corrected chi connectivity index (χ0v) is 14.8. The number of rotatable bonds is 3. The summed E-state index contributed by atoms with van der Waals surface area (Å²) in [6.45, 7) is 9.45. The SMILES string of the molecule is CC(N1CCN(C2CCNCC2)C1=C(C#N)C#N)N1CCC[C@@H]1C. The minimum absolute atomic E-state index is 0.237. The maximum absolute atomic E-state index is 9.51. The standard InChI is InChI=1S/C18H28N6/c1-14-4-3-9-22(14)15(2)23-10-11-24(17-5-7-21-8-6-17)18(23)16(12-19)13-20/h14-15,17,21H,3-11H2,1-2H3/t14-,15?/m0/s1. The zero-order valence-electron chi connectivity index (χ0n) is 14.8. The molecule has 3 saturated heterocycles. The molecule has 3 heterocycles. The van der Waals surface area contributed by atoms with Crippen LogP contribution in [-0.2, 0) is 0 Å². The zero-order chi connectivity index (χ0) is 17.1. The van der Waals surface area contributed by atoms with Crippen LogP contribution in [0.15, 0.2) is 11.4 Å². The molecule has 0 aromatic heterocycles. The summed E-state index contributed by atoms with van der Waals surface area (Å²) in [5, 5.41) is 22.4. The summed E-state index contributed by atoms with van der Waals surface area (Å²) in [6, 6.07) is 5.31. The summed E-state index contributed by atoms with van der Waals surface area (Å²) in [5.74, 6) is 0.874. The number of nitrogens with one attached hydrogen (secondary N) is 1. The van der Waals surface area contributed by atoms with E-state index in [9.17, 15) is 10.5 Å². The molecule has 6 nitrogen and oxygen atoms in total. The second-order valence-corrected chi connectivity index (χ2v) is 7.15. The summed E-state index contributed by atoms with van der Waals surface area (Å²) < 4.78 is 0. The van der Waals surface area contributed by atoms with Gasteiger partial charge in [-0.25, -0.2) is 0 Å². The molecule has 2 atom stereocenters. The lowest BCUT2D eigenvalue weighted by Gasteiger charge is -2.39. The van der Waals surface area contributed by atoms with Gasteiger partial charge in [0.1, 0.15) is 18.0 Å². The minimum Gasteiger partial charge on any atom is -0.352 e. The molecule has 0 spiro atoms. The first kappa shape index (κ1) is 17.1. The van der Waals surface area contributed by atoms with Crippen LogP contribution in [-0.4, -0.2) is 65.7 Å². The highest BCUT2D eigenvalue weighted by Crippen LogP contribution is 2.32. The first-order valence-electron chi connectivity index (χ1n) is 9.21. The average molecular weight is 328 g/mol. The lowest BCUT2D eigenvalue weighted by Crippen LogP contribution is -2.48. The molecule has 0 aromatic rings. The molecule has 130 valence electrons. The third-order valence-corrected chi connectivity index (χ3v) is 5.86. The number of nitrogens with zero attached hydrogens (tertiary/aromatic N) is 5. The number of likely N-dealkylation sites (tertiary alicyclic amines) is 1. The molecule has 0 bridgehead atoms. The third kappa shape index (κ3) is 3.09. The minimum atomic E-state index is 0.237. The Morgan fingerprint density at radius 3 is 2.42 bits per heavy atom. The predicted molar refractivity (Wildman–Crippen MR) is 92.4 cm³/mol. The predicted octanol–water partition coefficient (Wildman–Crippen LogP) is 1.45. The topological polar surface area (TPSA) is 69.3 Å². The summed E-state index contributed by atoms with van der Waals surface area (Å²) in [4.78, 5) is 7.14. The largest absolute Gasteiger partial charge is 0.352 e. The first-order chi connectivity index (χ1) is 11.7. The van der Waals surface area contributed by atoms with Crippen molar-refractivity contribution in [2.45, 2.75) is 57.8 Å². The van der Waals surface area contributed by atoms with E-state index in [0.29, 0.717) is 12.1 Å². The Kier molecular flexibility index (Phi) is 5.28. The third-order valence-electron chi connectivity index (χ3n) is 5.86. The summed E-state index contributed by atoms with van der Waals surface area (Å²) >= 11 is 0. The molecule has 3 aliphatic rings. The van der Waals surface area contributed by atoms with Crippen molar-refractivity contribution in [3.63, 3.8) is 0 Å². The molecule has 0 aromatic carbocycles. The molecule has 6 heteroatoms. The quantitative estimate of drug-likeness (QED) is 0.791. The Morgan fingerprint density at radius 2 is 1.83 bits per heavy atom. The van der Waals surface area contributed by atoms with Crippen molar-refractivity contribution in [3.8, 4) is 12.1 Å². The number of piperidine rings is 1. The number of allylic oxidation sites excluding steroid dienone is 1. The fraction of sp³-hybridized carbons (Fsp3) is 0.778. The van der Waals surface area contributed by atoms with Gasteiger partial charge in [-0.05, 0) is 52.6 Å². The molecular formula is C18H28N6. The Morgan fingerprint density at radius 1 is 1.12 bits per heavy atom. The second kappa shape index (κ2) is 7.42. The van der Waals surface area contributed by atoms with Crippen LogP contribution in [0.25, 0.3) is 0 Å². The van der Waals surface area contributed by atoms with Gasteiger partial charge in [-0.3, -0.25) is 4.90 Å². The highest BCUT2D eigenvalue weighted by Gasteiger charge is 2.39. The molecule has 0 amide bonds. The van der Waals surface area contributed by atoms with Crippen LogP contribution in [0, 0.1) is 22.7 Å². The van der Waals surface area contributed by atoms with Crippen LogP contribution in [0.4, 0.5) is 0 Å². The van der Waals surface area contributed by atoms with Crippen molar-refractivity contribution in [2.75, 3.05) is 32.7 Å². The van der Waals surface area contributed by atoms with Gasteiger partial charge in [-0.2, -0.15) is 10.5 Å². The fourth-order valence-corrected chi connectivity index (χ4v) is 4.53. The Bertz CT molecular complexity index is 549. The summed E-state index contributed by atoms with van der Waals surface area (Å²) in [6.07, 6.45) is 4.87. The normalized spacial score (nSPS) is 27.2. The van der Waals surface area contributed by atoms with Gasteiger partial charge in [-0.1, -0.05) is 0 Å². The summed E-state index contributed by atoms with van der Waals surface area (Å²) in [5.41, 5.74) is 0.268.